The summed E-state index contributed by atoms with van der Waals surface area (Å²) in [5.41, 5.74) is 1.30. The van der Waals surface area contributed by atoms with Crippen LogP contribution in [0.15, 0.2) is 73.2 Å². The molecule has 0 aliphatic heterocycles. The topological polar surface area (TPSA) is 66.4 Å². The number of rotatable bonds is 6. The van der Waals surface area contributed by atoms with E-state index in [1.807, 2.05) is 0 Å². The number of aromatic nitrogens is 3. The van der Waals surface area contributed by atoms with Gasteiger partial charge in [-0.25, -0.2) is 0 Å². The van der Waals surface area contributed by atoms with E-state index in [0.29, 0.717) is 47.8 Å². The first kappa shape index (κ1) is 28.0. The Labute approximate surface area is 267 Å². The summed E-state index contributed by atoms with van der Waals surface area (Å²) >= 11 is 34.8. The fourth-order valence-electron chi connectivity index (χ4n) is 4.14. The van der Waals surface area contributed by atoms with Crippen LogP contribution in [-0.2, 0) is 0 Å². The van der Waals surface area contributed by atoms with Crippen LogP contribution in [0.4, 0.5) is 0 Å². The molecule has 3 heterocycles. The van der Waals surface area contributed by atoms with Gasteiger partial charge in [0.05, 0.1) is 0 Å². The number of nitrogens with zero attached hydrogens (tertiary/aromatic N) is 3. The zero-order valence-electron chi connectivity index (χ0n) is 19.8. The van der Waals surface area contributed by atoms with Crippen LogP contribution in [0.25, 0.3) is 32.7 Å². The van der Waals surface area contributed by atoms with E-state index in [1.165, 1.54) is 0 Å². The van der Waals surface area contributed by atoms with E-state index in [4.69, 9.17) is 78.2 Å². The molecule has 0 saturated carbocycles. The Morgan fingerprint density at radius 2 is 0.750 bits per heavy atom. The number of hydrogen-bond acceptors (Lipinski definition) is 6. The molecule has 6 rings (SSSR count). The summed E-state index contributed by atoms with van der Waals surface area (Å²) in [6, 6.07) is 15.4. The molecule has 6 nitrogen and oxygen atoms in total. The number of hydrogen-bond donors (Lipinski definition) is 0. The van der Waals surface area contributed by atoms with E-state index in [9.17, 15) is 0 Å². The summed E-state index contributed by atoms with van der Waals surface area (Å²) in [6.45, 7) is 0. The van der Waals surface area contributed by atoms with Gasteiger partial charge in [-0.3, -0.25) is 0 Å². The van der Waals surface area contributed by atoms with Crippen molar-refractivity contribution in [2.75, 3.05) is 0 Å². The molecular weight excluding hydrogens is 742 g/mol. The van der Waals surface area contributed by atoms with Gasteiger partial charge >= 0.3 is 269 Å². The molecule has 0 N–H and O–H groups in total. The molecule has 0 aliphatic rings. The quantitative estimate of drug-likeness (QED) is 0.169. The average Bonchev–Trinajstić information content (AvgIpc) is 2.95. The first-order chi connectivity index (χ1) is 19.3. The molecule has 0 atom stereocenters. The molecule has 0 spiro atoms. The van der Waals surface area contributed by atoms with Gasteiger partial charge < -0.3 is 0 Å². The molecule has 0 radical (unpaired) electrons. The molecule has 3 aromatic carbocycles. The van der Waals surface area contributed by atoms with Gasteiger partial charge in [-0.15, -0.1) is 0 Å². The van der Waals surface area contributed by atoms with Crippen LogP contribution in [-0.4, -0.2) is 37.7 Å². The van der Waals surface area contributed by atoms with Crippen molar-refractivity contribution in [1.82, 2.24) is 15.0 Å². The Morgan fingerprint density at radius 3 is 1.05 bits per heavy atom. The van der Waals surface area contributed by atoms with Crippen molar-refractivity contribution < 1.29 is 8.56 Å². The van der Waals surface area contributed by atoms with Crippen molar-refractivity contribution in [3.63, 3.8) is 0 Å². The van der Waals surface area contributed by atoms with Gasteiger partial charge in [-0.2, -0.15) is 0 Å². The minimum atomic E-state index is -4.31. The first-order valence-electron chi connectivity index (χ1n) is 11.5. The summed E-state index contributed by atoms with van der Waals surface area (Å²) in [6.07, 6.45) is 4.82. The van der Waals surface area contributed by atoms with E-state index in [1.54, 1.807) is 73.2 Å². The van der Waals surface area contributed by atoms with Gasteiger partial charge in [0, 0.05) is 0 Å². The third kappa shape index (κ3) is 5.29. The second kappa shape index (κ2) is 11.6. The molecule has 3 aromatic heterocycles. The molecular formula is C27H12Cl6InN3O3. The normalized spacial score (nSPS) is 11.2. The summed E-state index contributed by atoms with van der Waals surface area (Å²) in [5.74, 6) is 0.728. The van der Waals surface area contributed by atoms with Gasteiger partial charge in [0.15, 0.2) is 0 Å². The van der Waals surface area contributed by atoms with E-state index in [0.717, 1.165) is 0 Å². The average molecular weight is 754 g/mol. The van der Waals surface area contributed by atoms with Crippen LogP contribution in [0, 0.1) is 0 Å². The predicted molar refractivity (Wildman–Crippen MR) is 163 cm³/mol. The Balaban J connectivity index is 1.52. The predicted octanol–water partition coefficient (Wildman–Crippen LogP) is 9.77. The summed E-state index contributed by atoms with van der Waals surface area (Å²) in [5, 5.41) is 3.84. The van der Waals surface area contributed by atoms with Gasteiger partial charge in [0.25, 0.3) is 0 Å². The fraction of sp³-hybridized carbons (Fsp3) is 0. The van der Waals surface area contributed by atoms with E-state index in [2.05, 4.69) is 15.0 Å². The van der Waals surface area contributed by atoms with Gasteiger partial charge in [0.2, 0.25) is 0 Å². The molecule has 0 saturated heterocycles. The Kier molecular flexibility index (Phi) is 8.16. The Morgan fingerprint density at radius 1 is 0.450 bits per heavy atom. The zero-order chi connectivity index (χ0) is 28.0. The van der Waals surface area contributed by atoms with Crippen LogP contribution in [0.3, 0.4) is 0 Å². The molecule has 198 valence electrons. The SMILES string of the molecule is Clc1cc(Cl)c2cccnc2c1[O][In]([O]c1c(Cl)cc(Cl)c2cccnc12)[O]c1c(Cl)cc(Cl)c2cccnc12. The van der Waals surface area contributed by atoms with E-state index >= 15 is 0 Å². The van der Waals surface area contributed by atoms with Crippen molar-refractivity contribution in [2.45, 2.75) is 0 Å². The number of pyridine rings is 3. The molecule has 0 aliphatic carbocycles. The maximum absolute atomic E-state index is 6.61. The first-order valence-corrected chi connectivity index (χ1v) is 17.8. The zero-order valence-corrected chi connectivity index (χ0v) is 27.7. The number of benzene rings is 3. The Bertz CT molecular complexity index is 1720. The third-order valence-corrected chi connectivity index (χ3v) is 11.3. The van der Waals surface area contributed by atoms with Crippen LogP contribution >= 0.6 is 69.6 Å². The van der Waals surface area contributed by atoms with Gasteiger partial charge in [0.1, 0.15) is 0 Å². The van der Waals surface area contributed by atoms with Crippen LogP contribution in [0.1, 0.15) is 0 Å². The molecule has 6 aromatic rings. The van der Waals surface area contributed by atoms with Crippen molar-refractivity contribution in [3.8, 4) is 17.2 Å². The monoisotopic (exact) mass is 751 g/mol. The number of halogens is 6. The van der Waals surface area contributed by atoms with Gasteiger partial charge in [-0.05, 0) is 0 Å². The Hall–Kier alpha value is -2.10. The number of fused-ring (bicyclic) bond motifs is 3. The standard InChI is InChI=1S/3C9H5Cl2NO.In/c3*10-6-4-7(11)9(13)8-5(6)2-1-3-12-8;/h3*1-4,13H;/q;;;+3/p-3. The molecule has 13 heteroatoms. The van der Waals surface area contributed by atoms with Crippen molar-refractivity contribution in [1.29, 1.82) is 0 Å². The van der Waals surface area contributed by atoms with Gasteiger partial charge in [-0.1, -0.05) is 0 Å². The molecule has 0 unspecified atom stereocenters. The van der Waals surface area contributed by atoms with E-state index < -0.39 is 22.7 Å². The van der Waals surface area contributed by atoms with Crippen molar-refractivity contribution in [3.05, 3.63) is 103 Å². The fourth-order valence-corrected chi connectivity index (χ4v) is 10.6. The summed E-state index contributed by atoms with van der Waals surface area (Å²) in [7, 11) is 0. The van der Waals surface area contributed by atoms with Crippen LogP contribution in [0.2, 0.25) is 30.1 Å². The second-order valence-electron chi connectivity index (χ2n) is 8.35. The van der Waals surface area contributed by atoms with Crippen LogP contribution < -0.4 is 8.56 Å². The minimum absolute atomic E-state index is 0.223. The molecule has 0 bridgehead atoms. The second-order valence-corrected chi connectivity index (χ2v) is 14.5. The third-order valence-electron chi connectivity index (χ3n) is 5.89. The molecule has 40 heavy (non-hydrogen) atoms. The molecule has 0 fully saturated rings. The van der Waals surface area contributed by atoms with Crippen LogP contribution in [0.5, 0.6) is 17.2 Å². The summed E-state index contributed by atoms with van der Waals surface area (Å²) in [4.78, 5) is 13.3. The summed E-state index contributed by atoms with van der Waals surface area (Å²) < 4.78 is 19.4. The van der Waals surface area contributed by atoms with Crippen molar-refractivity contribution >= 4 is 125 Å². The van der Waals surface area contributed by atoms with Crippen molar-refractivity contribution in [2.24, 2.45) is 0 Å². The van der Waals surface area contributed by atoms with E-state index in [-0.39, 0.29) is 32.3 Å². The molecule has 0 amide bonds. The maximum atomic E-state index is 6.61.